The summed E-state index contributed by atoms with van der Waals surface area (Å²) < 4.78 is 14.7. The SMILES string of the molecule is O=C1CC[C@H](CC(c2ccc(SC3CC3)cc2)C2NC(F)=C(C(=O)C3CCC3)N2)C1. The lowest BCUT2D eigenvalue weighted by molar-refractivity contribution is -0.122. The molecule has 2 N–H and O–H groups in total. The highest BCUT2D eigenvalue weighted by atomic mass is 32.2. The van der Waals surface area contributed by atoms with E-state index < -0.39 is 5.95 Å². The molecule has 5 rings (SSSR count). The third-order valence-corrected chi connectivity index (χ3v) is 8.35. The van der Waals surface area contributed by atoms with Crippen molar-refractivity contribution in [2.45, 2.75) is 80.0 Å². The number of carbonyl (C=O) groups is 2. The fourth-order valence-corrected chi connectivity index (χ4v) is 5.86. The van der Waals surface area contributed by atoms with Gasteiger partial charge in [0.2, 0.25) is 5.95 Å². The molecule has 0 spiro atoms. The van der Waals surface area contributed by atoms with Crippen molar-refractivity contribution in [1.82, 2.24) is 10.6 Å². The molecule has 6 heteroatoms. The molecule has 0 aromatic heterocycles. The number of thioether (sulfide) groups is 1. The van der Waals surface area contributed by atoms with Gasteiger partial charge >= 0.3 is 0 Å². The predicted octanol–water partition coefficient (Wildman–Crippen LogP) is 4.81. The molecule has 3 saturated carbocycles. The Balaban J connectivity index is 1.33. The normalized spacial score (nSPS) is 27.6. The molecule has 2 unspecified atom stereocenters. The topological polar surface area (TPSA) is 58.2 Å². The Morgan fingerprint density at radius 1 is 1.10 bits per heavy atom. The maximum Gasteiger partial charge on any atom is 0.215 e. The second-order valence-electron chi connectivity index (χ2n) is 9.32. The van der Waals surface area contributed by atoms with Crippen molar-refractivity contribution in [2.24, 2.45) is 11.8 Å². The number of Topliss-reactive ketones (excluding diaryl/α,β-unsaturated/α-hetero) is 2. The Kier molecular flexibility index (Phi) is 5.61. The first kappa shape index (κ1) is 20.1. The van der Waals surface area contributed by atoms with E-state index in [-0.39, 0.29) is 29.5 Å². The zero-order valence-corrected chi connectivity index (χ0v) is 18.0. The molecule has 0 amide bonds. The van der Waals surface area contributed by atoms with Crippen molar-refractivity contribution >= 4 is 23.3 Å². The van der Waals surface area contributed by atoms with Crippen molar-refractivity contribution in [2.75, 3.05) is 0 Å². The highest BCUT2D eigenvalue weighted by Crippen LogP contribution is 2.41. The molecule has 1 heterocycles. The summed E-state index contributed by atoms with van der Waals surface area (Å²) in [5.74, 6) is -0.0136. The van der Waals surface area contributed by atoms with E-state index in [4.69, 9.17) is 0 Å². The Hall–Kier alpha value is -1.82. The van der Waals surface area contributed by atoms with E-state index in [1.807, 2.05) is 11.8 Å². The van der Waals surface area contributed by atoms with Crippen LogP contribution in [-0.4, -0.2) is 23.0 Å². The molecule has 3 fully saturated rings. The van der Waals surface area contributed by atoms with Crippen LogP contribution in [0.15, 0.2) is 40.8 Å². The molecular formula is C24H29FN2O2S. The van der Waals surface area contributed by atoms with Gasteiger partial charge in [-0.3, -0.25) is 9.59 Å². The number of allylic oxidation sites excluding steroid dienone is 1. The summed E-state index contributed by atoms with van der Waals surface area (Å²) >= 11 is 1.92. The van der Waals surface area contributed by atoms with Crippen LogP contribution in [0.25, 0.3) is 0 Å². The van der Waals surface area contributed by atoms with E-state index in [2.05, 4.69) is 34.9 Å². The summed E-state index contributed by atoms with van der Waals surface area (Å²) in [5, 5.41) is 6.86. The number of carbonyl (C=O) groups excluding carboxylic acids is 2. The lowest BCUT2D eigenvalue weighted by Crippen LogP contribution is -2.41. The predicted molar refractivity (Wildman–Crippen MR) is 116 cm³/mol. The van der Waals surface area contributed by atoms with Crippen LogP contribution in [0.1, 0.15) is 69.3 Å². The Bertz CT molecular complexity index is 860. The van der Waals surface area contributed by atoms with E-state index in [9.17, 15) is 14.0 Å². The van der Waals surface area contributed by atoms with Crippen LogP contribution in [0, 0.1) is 11.8 Å². The average Bonchev–Trinajstić information content (AvgIpc) is 3.27. The number of hydrogen-bond donors (Lipinski definition) is 2. The minimum absolute atomic E-state index is 0.00156. The summed E-state index contributed by atoms with van der Waals surface area (Å²) in [6.07, 6.45) is 7.97. The molecule has 160 valence electrons. The van der Waals surface area contributed by atoms with E-state index in [1.165, 1.54) is 17.7 Å². The molecule has 30 heavy (non-hydrogen) atoms. The quantitative estimate of drug-likeness (QED) is 0.582. The zero-order chi connectivity index (χ0) is 20.7. The van der Waals surface area contributed by atoms with Crippen molar-refractivity contribution in [3.63, 3.8) is 0 Å². The number of rotatable bonds is 8. The standard InChI is InChI=1S/C24H29FN2O2S/c25-23-21(22(29)16-2-1-3-16)26-24(27-23)20(13-14-4-7-17(28)12-14)15-5-8-18(9-6-15)30-19-10-11-19/h5-6,8-9,14,16,19-20,24,26-27H,1-4,7,10-13H2/t14-,20?,24?/m0/s1. The lowest BCUT2D eigenvalue weighted by Gasteiger charge is -2.29. The molecular weight excluding hydrogens is 399 g/mol. The maximum atomic E-state index is 14.7. The van der Waals surface area contributed by atoms with Gasteiger partial charge in [-0.25, -0.2) is 0 Å². The molecule has 4 nitrogen and oxygen atoms in total. The van der Waals surface area contributed by atoms with Gasteiger partial charge in [-0.2, -0.15) is 4.39 Å². The Morgan fingerprint density at radius 2 is 1.87 bits per heavy atom. The number of benzene rings is 1. The fraction of sp³-hybridized carbons (Fsp3) is 0.583. The minimum atomic E-state index is -0.523. The third kappa shape index (κ3) is 4.29. The minimum Gasteiger partial charge on any atom is -0.358 e. The smallest absolute Gasteiger partial charge is 0.215 e. The largest absolute Gasteiger partial charge is 0.358 e. The van der Waals surface area contributed by atoms with Gasteiger partial charge in [0, 0.05) is 34.8 Å². The lowest BCUT2D eigenvalue weighted by atomic mass is 9.81. The number of hydrogen-bond acceptors (Lipinski definition) is 5. The summed E-state index contributed by atoms with van der Waals surface area (Å²) in [5.41, 5.74) is 1.25. The highest BCUT2D eigenvalue weighted by Gasteiger charge is 2.39. The van der Waals surface area contributed by atoms with Gasteiger partial charge < -0.3 is 10.6 Å². The van der Waals surface area contributed by atoms with Crippen molar-refractivity contribution in [3.8, 4) is 0 Å². The van der Waals surface area contributed by atoms with Gasteiger partial charge in [0.25, 0.3) is 0 Å². The van der Waals surface area contributed by atoms with Crippen LogP contribution in [0.2, 0.25) is 0 Å². The van der Waals surface area contributed by atoms with Gasteiger partial charge in [-0.1, -0.05) is 18.6 Å². The van der Waals surface area contributed by atoms with Crippen molar-refractivity contribution < 1.29 is 14.0 Å². The van der Waals surface area contributed by atoms with Crippen LogP contribution in [0.5, 0.6) is 0 Å². The third-order valence-electron chi connectivity index (χ3n) is 7.00. The van der Waals surface area contributed by atoms with E-state index in [0.29, 0.717) is 24.5 Å². The molecule has 4 aliphatic rings. The number of nitrogens with one attached hydrogen (secondary N) is 2. The summed E-state index contributed by atoms with van der Waals surface area (Å²) in [4.78, 5) is 25.7. The highest BCUT2D eigenvalue weighted by molar-refractivity contribution is 8.00. The monoisotopic (exact) mass is 428 g/mol. The molecule has 1 aromatic carbocycles. The number of ketones is 2. The maximum absolute atomic E-state index is 14.7. The molecule has 1 aliphatic heterocycles. The van der Waals surface area contributed by atoms with Crippen molar-refractivity contribution in [3.05, 3.63) is 41.5 Å². The van der Waals surface area contributed by atoms with Crippen LogP contribution >= 0.6 is 11.8 Å². The van der Waals surface area contributed by atoms with Gasteiger partial charge in [0.15, 0.2) is 5.78 Å². The first-order valence-corrected chi connectivity index (χ1v) is 12.2. The fourth-order valence-electron chi connectivity index (χ4n) is 4.81. The molecule has 0 radical (unpaired) electrons. The first-order valence-electron chi connectivity index (χ1n) is 11.3. The van der Waals surface area contributed by atoms with Crippen LogP contribution in [0.4, 0.5) is 4.39 Å². The average molecular weight is 429 g/mol. The molecule has 3 aliphatic carbocycles. The van der Waals surface area contributed by atoms with Gasteiger partial charge in [-0.15, -0.1) is 11.8 Å². The van der Waals surface area contributed by atoms with Gasteiger partial charge in [0.05, 0.1) is 0 Å². The van der Waals surface area contributed by atoms with E-state index >= 15 is 0 Å². The molecule has 0 saturated heterocycles. The van der Waals surface area contributed by atoms with Crippen LogP contribution in [0.3, 0.4) is 0 Å². The summed E-state index contributed by atoms with van der Waals surface area (Å²) in [6.45, 7) is 0. The summed E-state index contributed by atoms with van der Waals surface area (Å²) in [7, 11) is 0. The number of halogens is 1. The second kappa shape index (κ2) is 8.37. The molecule has 3 atom stereocenters. The van der Waals surface area contributed by atoms with E-state index in [1.54, 1.807) is 0 Å². The van der Waals surface area contributed by atoms with E-state index in [0.717, 1.165) is 42.9 Å². The second-order valence-corrected chi connectivity index (χ2v) is 10.7. The molecule has 0 bridgehead atoms. The first-order chi connectivity index (χ1) is 14.6. The Morgan fingerprint density at radius 3 is 2.47 bits per heavy atom. The summed E-state index contributed by atoms with van der Waals surface area (Å²) in [6, 6.07) is 8.59. The zero-order valence-electron chi connectivity index (χ0n) is 17.2. The van der Waals surface area contributed by atoms with Crippen LogP contribution < -0.4 is 10.6 Å². The van der Waals surface area contributed by atoms with Gasteiger partial charge in [-0.05, 0) is 62.1 Å². The van der Waals surface area contributed by atoms with Crippen LogP contribution in [-0.2, 0) is 9.59 Å². The van der Waals surface area contributed by atoms with Crippen molar-refractivity contribution in [1.29, 1.82) is 0 Å². The molecule has 1 aromatic rings. The van der Waals surface area contributed by atoms with Gasteiger partial charge in [0.1, 0.15) is 17.6 Å². The Labute approximate surface area is 181 Å².